The first-order chi connectivity index (χ1) is 58.9. The summed E-state index contributed by atoms with van der Waals surface area (Å²) >= 11 is 0. The van der Waals surface area contributed by atoms with E-state index in [1.54, 1.807) is 0 Å². The molecule has 2 bridgehead atoms. The summed E-state index contributed by atoms with van der Waals surface area (Å²) < 4.78 is 4.53. The third kappa shape index (κ3) is 115. The molecule has 0 spiro atoms. The van der Waals surface area contributed by atoms with Crippen molar-refractivity contribution in [3.63, 3.8) is 0 Å². The third-order valence-corrected chi connectivity index (χ3v) is 34.3. The number of unbranched alkanes of at least 4 members (excludes halogenated alkanes) is 3. The zero-order chi connectivity index (χ0) is 102. The molecule has 0 amide bonds. The average molecular weight is 3030 g/mol. The molecule has 794 valence electrons. The van der Waals surface area contributed by atoms with Crippen LogP contribution in [0, 0.1) is 187 Å². The molecule has 3 aromatic carbocycles. The minimum atomic E-state index is -0.186. The third-order valence-electron chi connectivity index (χ3n) is 27.6. The molecule has 3 aliphatic carbocycles. The molecule has 0 saturated heterocycles. The van der Waals surface area contributed by atoms with E-state index in [2.05, 4.69) is 471 Å². The Kier molecular flexibility index (Phi) is 156. The number of ether oxygens (including phenoxy) is 1. The van der Waals surface area contributed by atoms with Crippen LogP contribution in [0.15, 0.2) is 72.8 Å². The maximum atomic E-state index is 8.77. The molecule has 12 radical (unpaired) electrons. The maximum Gasteiger partial charge on any atom is 0.0662 e. The van der Waals surface area contributed by atoms with Gasteiger partial charge in [0, 0.05) is 405 Å². The molecular formula is C116H216N2OP10Y12-12. The van der Waals surface area contributed by atoms with Crippen molar-refractivity contribution in [2.24, 2.45) is 76.4 Å². The molecule has 0 aromatic heterocycles. The molecule has 3 fully saturated rings. The summed E-state index contributed by atoms with van der Waals surface area (Å²) in [6.45, 7) is 107. The number of benzene rings is 3. The molecule has 3 aromatic rings. The van der Waals surface area contributed by atoms with Crippen molar-refractivity contribution >= 4 is 117 Å². The van der Waals surface area contributed by atoms with E-state index in [1.165, 1.54) is 163 Å². The molecular weight excluding hydrogens is 2810 g/mol. The summed E-state index contributed by atoms with van der Waals surface area (Å²) in [6.07, 6.45) is 41.1. The molecule has 30 unspecified atom stereocenters. The molecule has 0 heterocycles. The molecule has 0 N–H and O–H groups in total. The van der Waals surface area contributed by atoms with Crippen LogP contribution in [-0.2, 0) is 397 Å². The largest absolute Gasteiger partial charge is 0.555 e. The van der Waals surface area contributed by atoms with Gasteiger partial charge >= 0.3 is 0 Å². The molecule has 141 heavy (non-hydrogen) atoms. The first kappa shape index (κ1) is 198. The Morgan fingerprint density at radius 1 is 0.383 bits per heavy atom. The van der Waals surface area contributed by atoms with Gasteiger partial charge in [0.2, 0.25) is 0 Å². The van der Waals surface area contributed by atoms with Gasteiger partial charge in [-0.1, -0.05) is 419 Å². The fraction of sp³-hybridized carbons (Fsp3) is 0.698. The van der Waals surface area contributed by atoms with Crippen LogP contribution >= 0.6 is 92.4 Å². The Labute approximate surface area is 1210 Å². The zero-order valence-electron chi connectivity index (χ0n) is 97.6. The van der Waals surface area contributed by atoms with Gasteiger partial charge in [0.05, 0.1) is 18.1 Å². The molecule has 3 saturated carbocycles. The normalized spacial score (nSPS) is 17.9. The monoisotopic (exact) mass is 3030 g/mol. The van der Waals surface area contributed by atoms with Gasteiger partial charge < -0.3 is 73.0 Å². The van der Waals surface area contributed by atoms with E-state index in [-0.39, 0.29) is 435 Å². The second kappa shape index (κ2) is 111. The molecule has 6 rings (SSSR count). The second-order valence-electron chi connectivity index (χ2n) is 42.6. The van der Waals surface area contributed by atoms with E-state index in [1.807, 2.05) is 38.8 Å². The SMILES string of the molecule is CCCCCC12CC[C-](CC1)CC2.Cc1ccc(/C=C/c2ccc(/C=C/c3cc[c-]cc3)cc2)cc1.[CH2-]C(C)(P)C(C)C.[CH2-]C(C)(P)C(C)C#N.[CH2-]C(C)(P)C(C)C(C)C(C)(P)CC.[CH2-]C(C)(P)C(C)CC.[CH2-]C(C)(P)CC.[CH2-]C(CC)CC(C)(P)C(C)C.[CH2-]C(CC)CC(C)(P)C(C)C#N.[CH2-]C(CC)CC(C)(P)C(C)CC.[CH2-]C(CC)CC(C)(P)CC.[CH2-]OCCCC.[Y].[Y].[Y].[Y].[Y].[Y].[Y].[Y].[Y].[Y].[Y].[Y]. The Bertz CT molecular complexity index is 3270. The van der Waals surface area contributed by atoms with Crippen molar-refractivity contribution < 1.29 is 397 Å². The summed E-state index contributed by atoms with van der Waals surface area (Å²) in [5, 5.41) is 19.1. The number of fused-ring (bicyclic) bond motifs is 3. The number of hydrogen-bond donors (Lipinski definition) is 0. The summed E-state index contributed by atoms with van der Waals surface area (Å²) in [5.41, 5.74) is 6.92. The predicted octanol–water partition coefficient (Wildman–Crippen LogP) is 37.8. The van der Waals surface area contributed by atoms with Crippen LogP contribution in [0.25, 0.3) is 24.3 Å². The van der Waals surface area contributed by atoms with Crippen LogP contribution in [0.2, 0.25) is 0 Å². The fourth-order valence-electron chi connectivity index (χ4n) is 12.3. The number of nitriles is 2. The summed E-state index contributed by atoms with van der Waals surface area (Å²) in [6, 6.07) is 32.5. The van der Waals surface area contributed by atoms with Gasteiger partial charge in [-0.15, -0.1) is 77.5 Å². The van der Waals surface area contributed by atoms with Gasteiger partial charge in [-0.25, -0.2) is 7.11 Å². The van der Waals surface area contributed by atoms with Gasteiger partial charge in [-0.3, -0.25) is 0 Å². The van der Waals surface area contributed by atoms with E-state index in [4.69, 9.17) is 10.5 Å². The van der Waals surface area contributed by atoms with Crippen molar-refractivity contribution in [2.75, 3.05) is 6.61 Å². The molecule has 3 aliphatic rings. The van der Waals surface area contributed by atoms with Crippen molar-refractivity contribution in [3.8, 4) is 12.1 Å². The van der Waals surface area contributed by atoms with Crippen LogP contribution in [0.3, 0.4) is 0 Å². The van der Waals surface area contributed by atoms with Gasteiger partial charge in [-0.05, 0) is 105 Å². The minimum Gasteiger partial charge on any atom is -0.555 e. The second-order valence-corrected chi connectivity index (χ2v) is 55.9. The van der Waals surface area contributed by atoms with Crippen molar-refractivity contribution in [3.05, 3.63) is 182 Å². The Hall–Kier alpha value is 13.6. The maximum absolute atomic E-state index is 8.77. The Balaban J connectivity index is -0.0000000686. The smallest absolute Gasteiger partial charge is 0.0662 e. The first-order valence-electron chi connectivity index (χ1n) is 49.9. The van der Waals surface area contributed by atoms with E-state index in [0.29, 0.717) is 68.0 Å². The molecule has 0 aliphatic heterocycles. The standard InChI is InChI=1S/C23H19.C13H23.C11H25P2.C11H24P.C10H19NP.C10H22P.C9H20P.C7H16P.C6H11NP.C6H14P.C5H11O.C5H12P.12Y/c1-19-7-9-21(10-8-19)13-14-23-17-15-22(16-18-23)12-11-20-5-3-2-4-6-20;1-2-3-4-8-13-9-5-12(6-10-13)7-11-13;1-7-11(6,13)9(3)8(2)10(4,5)12;1-6-9(3)8-11(5,12)10(4)7-2;1-5-8(2)6-10(4,12)9(3)7-11;1-6-9(4)7-10(5,11)8(2)3;1-5-8(3)7-9(4,10)6-2;1-5-6(2)7(3,4)8;1-5(4-7)6(2,3)8;1-5(2)6(3,4)7;1-3-4-5-6-2;1-4-5(2,3)6;;;;;;;;;;;;/h3-18H,1H3;2-11H2,1H3;8-9H,4,7,12-13H2,1-3,5-6H3;9-10H,3,6-8,12H2,1-2,4-5H3;8-9H,2,5-6,12H2,1,3-4H3;8-9H,4,6-7,11H2,1-3,5H3;8H,3,5-7,10H2,1-2,4H3;6H,3,5,8H2,1-2,4H3;5H,2,8H2,1,3H3;5H,3,7H2,1-2,4H3;2-5H2,1H3;2,4,6H2,1,3H3;;;;;;;;;;;;/q12*-1;;;;;;;;;;;;/b12-11+,14-13+;;;;;;;;;;;;;;;;;;;;;;;. The summed E-state index contributed by atoms with van der Waals surface area (Å²) in [5.74, 6) is 8.42. The first-order valence-corrected chi connectivity index (χ1v) is 55.7. The Morgan fingerprint density at radius 3 is 0.929 bits per heavy atom. The molecule has 25 heteroatoms. The zero-order valence-corrected chi connectivity index (χ0v) is 143. The van der Waals surface area contributed by atoms with Crippen molar-refractivity contribution in [1.82, 2.24) is 0 Å². The van der Waals surface area contributed by atoms with Crippen molar-refractivity contribution in [2.45, 2.75) is 434 Å². The number of rotatable bonds is 37. The molecule has 3 nitrogen and oxygen atoms in total. The van der Waals surface area contributed by atoms with Gasteiger partial charge in [0.25, 0.3) is 0 Å². The van der Waals surface area contributed by atoms with E-state index >= 15 is 0 Å². The quantitative estimate of drug-likeness (QED) is 0.0250. The van der Waals surface area contributed by atoms with Gasteiger partial charge in [-0.2, -0.15) is 130 Å². The van der Waals surface area contributed by atoms with E-state index < -0.39 is 0 Å². The van der Waals surface area contributed by atoms with Crippen LogP contribution in [0.5, 0.6) is 0 Å². The van der Waals surface area contributed by atoms with Crippen LogP contribution < -0.4 is 0 Å². The van der Waals surface area contributed by atoms with E-state index in [9.17, 15) is 0 Å². The topological polar surface area (TPSA) is 56.8 Å². The van der Waals surface area contributed by atoms with Gasteiger partial charge in [0.15, 0.2) is 0 Å². The Morgan fingerprint density at radius 2 is 0.695 bits per heavy atom. The minimum absolute atomic E-state index is 0. The van der Waals surface area contributed by atoms with Gasteiger partial charge in [0.1, 0.15) is 0 Å². The van der Waals surface area contributed by atoms with Crippen molar-refractivity contribution in [1.29, 1.82) is 10.5 Å². The van der Waals surface area contributed by atoms with Crippen LogP contribution in [-0.4, -0.2) is 58.2 Å². The summed E-state index contributed by atoms with van der Waals surface area (Å²) in [4.78, 5) is 0. The average Bonchev–Trinajstić information content (AvgIpc) is 0.792. The number of aryl methyl sites for hydroxylation is 1. The predicted molar refractivity (Wildman–Crippen MR) is 635 cm³/mol. The number of hydrogen-bond acceptors (Lipinski definition) is 3. The van der Waals surface area contributed by atoms with Crippen LogP contribution in [0.4, 0.5) is 0 Å². The fourth-order valence-corrected chi connectivity index (χ4v) is 14.8. The number of nitrogens with zero attached hydrogens (tertiary/aromatic N) is 2. The molecule has 30 atom stereocenters. The summed E-state index contributed by atoms with van der Waals surface area (Å²) in [7, 11) is 31.5. The van der Waals surface area contributed by atoms with Crippen LogP contribution in [0.1, 0.15) is 403 Å². The van der Waals surface area contributed by atoms with E-state index in [0.717, 1.165) is 49.5 Å².